The summed E-state index contributed by atoms with van der Waals surface area (Å²) in [5.41, 5.74) is 1.49. The lowest BCUT2D eigenvalue weighted by molar-refractivity contribution is 0.101. The predicted molar refractivity (Wildman–Crippen MR) is 58.3 cm³/mol. The molecule has 15 heavy (non-hydrogen) atoms. The summed E-state index contributed by atoms with van der Waals surface area (Å²) < 4.78 is 5.03. The van der Waals surface area contributed by atoms with Gasteiger partial charge in [0, 0.05) is 5.56 Å². The van der Waals surface area contributed by atoms with E-state index in [1.165, 1.54) is 6.26 Å². The van der Waals surface area contributed by atoms with E-state index in [0.29, 0.717) is 16.3 Å². The highest BCUT2D eigenvalue weighted by Crippen LogP contribution is 2.20. The van der Waals surface area contributed by atoms with E-state index >= 15 is 0 Å². The molecule has 0 aliphatic rings. The van der Waals surface area contributed by atoms with Crippen molar-refractivity contribution in [3.8, 4) is 0 Å². The van der Waals surface area contributed by atoms with Crippen molar-refractivity contribution < 1.29 is 9.21 Å². The molecule has 2 rings (SSSR count). The van der Waals surface area contributed by atoms with Gasteiger partial charge < -0.3 is 4.42 Å². The Labute approximate surface area is 92.5 Å². The quantitative estimate of drug-likeness (QED) is 0.726. The van der Waals surface area contributed by atoms with Gasteiger partial charge in [-0.25, -0.2) is 0 Å². The van der Waals surface area contributed by atoms with E-state index < -0.39 is 0 Å². The Bertz CT molecular complexity index is 486. The van der Waals surface area contributed by atoms with Crippen molar-refractivity contribution in [1.29, 1.82) is 0 Å². The smallest absolute Gasteiger partial charge is 0.229 e. The van der Waals surface area contributed by atoms with E-state index in [9.17, 15) is 4.79 Å². The molecule has 2 aromatic rings. The number of furan rings is 1. The van der Waals surface area contributed by atoms with Crippen LogP contribution in [-0.4, -0.2) is 5.78 Å². The van der Waals surface area contributed by atoms with Crippen LogP contribution in [0.3, 0.4) is 0 Å². The molecular formula is C12H9ClO2. The molecule has 0 spiro atoms. The number of benzene rings is 1. The van der Waals surface area contributed by atoms with E-state index in [1.54, 1.807) is 24.3 Å². The van der Waals surface area contributed by atoms with Gasteiger partial charge in [-0.1, -0.05) is 17.7 Å². The summed E-state index contributed by atoms with van der Waals surface area (Å²) in [7, 11) is 0. The molecule has 1 aromatic carbocycles. The summed E-state index contributed by atoms with van der Waals surface area (Å²) in [5.74, 6) is 0.116. The highest BCUT2D eigenvalue weighted by Gasteiger charge is 2.14. The third kappa shape index (κ3) is 1.95. The number of hydrogen-bond acceptors (Lipinski definition) is 2. The molecule has 0 aliphatic heterocycles. The van der Waals surface area contributed by atoms with Crippen LogP contribution in [0.2, 0.25) is 5.02 Å². The van der Waals surface area contributed by atoms with Crippen molar-refractivity contribution in [2.75, 3.05) is 0 Å². The lowest BCUT2D eigenvalue weighted by Gasteiger charge is -2.01. The molecule has 0 bridgehead atoms. The van der Waals surface area contributed by atoms with Crippen molar-refractivity contribution in [3.63, 3.8) is 0 Å². The lowest BCUT2D eigenvalue weighted by atomic mass is 10.1. The summed E-state index contributed by atoms with van der Waals surface area (Å²) in [6.07, 6.45) is 1.47. The standard InChI is InChI=1S/C12H9ClO2/c1-8-4-5-9(10(13)7-8)12(14)11-3-2-6-15-11/h2-7H,1H3. The molecule has 3 heteroatoms. The van der Waals surface area contributed by atoms with Gasteiger partial charge in [-0.15, -0.1) is 0 Å². The largest absolute Gasteiger partial charge is 0.461 e. The zero-order valence-electron chi connectivity index (χ0n) is 8.16. The van der Waals surface area contributed by atoms with Crippen LogP contribution in [0.5, 0.6) is 0 Å². The summed E-state index contributed by atoms with van der Waals surface area (Å²) in [6, 6.07) is 8.62. The van der Waals surface area contributed by atoms with Gasteiger partial charge in [0.15, 0.2) is 5.76 Å². The van der Waals surface area contributed by atoms with Gasteiger partial charge >= 0.3 is 0 Å². The van der Waals surface area contributed by atoms with E-state index in [1.807, 2.05) is 13.0 Å². The SMILES string of the molecule is Cc1ccc(C(=O)c2ccco2)c(Cl)c1. The van der Waals surface area contributed by atoms with Crippen LogP contribution in [0.15, 0.2) is 41.0 Å². The Hall–Kier alpha value is -1.54. The van der Waals surface area contributed by atoms with E-state index in [2.05, 4.69) is 0 Å². The minimum atomic E-state index is -0.190. The fourth-order valence-corrected chi connectivity index (χ4v) is 1.67. The summed E-state index contributed by atoms with van der Waals surface area (Å²) >= 11 is 5.98. The third-order valence-corrected chi connectivity index (χ3v) is 2.43. The van der Waals surface area contributed by atoms with Gasteiger partial charge in [0.2, 0.25) is 5.78 Å². The fraction of sp³-hybridized carbons (Fsp3) is 0.0833. The first-order valence-electron chi connectivity index (χ1n) is 4.53. The van der Waals surface area contributed by atoms with Crippen LogP contribution in [0.25, 0.3) is 0 Å². The second-order valence-electron chi connectivity index (χ2n) is 3.29. The summed E-state index contributed by atoms with van der Waals surface area (Å²) in [5, 5.41) is 0.455. The van der Waals surface area contributed by atoms with Crippen molar-refractivity contribution in [1.82, 2.24) is 0 Å². The average Bonchev–Trinajstić information content (AvgIpc) is 2.69. The van der Waals surface area contributed by atoms with Crippen LogP contribution in [0, 0.1) is 6.92 Å². The predicted octanol–water partition coefficient (Wildman–Crippen LogP) is 3.47. The number of carbonyl (C=O) groups excluding carboxylic acids is 1. The minimum absolute atomic E-state index is 0.190. The Morgan fingerprint density at radius 1 is 1.33 bits per heavy atom. The molecule has 76 valence electrons. The van der Waals surface area contributed by atoms with E-state index in [4.69, 9.17) is 16.0 Å². The maximum atomic E-state index is 11.9. The second-order valence-corrected chi connectivity index (χ2v) is 3.70. The highest BCUT2D eigenvalue weighted by atomic mass is 35.5. The maximum Gasteiger partial charge on any atom is 0.229 e. The number of ketones is 1. The Morgan fingerprint density at radius 3 is 2.73 bits per heavy atom. The molecule has 0 unspecified atom stereocenters. The maximum absolute atomic E-state index is 11.9. The van der Waals surface area contributed by atoms with Crippen LogP contribution in [-0.2, 0) is 0 Å². The molecule has 1 heterocycles. The number of carbonyl (C=O) groups is 1. The molecular weight excluding hydrogens is 212 g/mol. The number of hydrogen-bond donors (Lipinski definition) is 0. The van der Waals surface area contributed by atoms with E-state index in [0.717, 1.165) is 5.56 Å². The zero-order chi connectivity index (χ0) is 10.8. The Balaban J connectivity index is 2.42. The van der Waals surface area contributed by atoms with Crippen molar-refractivity contribution in [3.05, 3.63) is 58.5 Å². The number of aryl methyl sites for hydroxylation is 1. The Morgan fingerprint density at radius 2 is 2.13 bits per heavy atom. The Kier molecular flexibility index (Phi) is 2.60. The first-order chi connectivity index (χ1) is 7.18. The number of rotatable bonds is 2. The molecule has 0 aliphatic carbocycles. The monoisotopic (exact) mass is 220 g/mol. The van der Waals surface area contributed by atoms with Gasteiger partial charge in [-0.3, -0.25) is 4.79 Å². The molecule has 0 atom stereocenters. The van der Waals surface area contributed by atoms with Crippen molar-refractivity contribution in [2.24, 2.45) is 0 Å². The van der Waals surface area contributed by atoms with Crippen molar-refractivity contribution >= 4 is 17.4 Å². The normalized spacial score (nSPS) is 10.3. The lowest BCUT2D eigenvalue weighted by Crippen LogP contribution is -2.00. The van der Waals surface area contributed by atoms with E-state index in [-0.39, 0.29) is 5.78 Å². The molecule has 0 amide bonds. The molecule has 0 saturated carbocycles. The first-order valence-corrected chi connectivity index (χ1v) is 4.90. The third-order valence-electron chi connectivity index (χ3n) is 2.11. The van der Waals surface area contributed by atoms with Crippen LogP contribution in [0.1, 0.15) is 21.7 Å². The molecule has 0 N–H and O–H groups in total. The topological polar surface area (TPSA) is 30.2 Å². The molecule has 1 aromatic heterocycles. The molecule has 0 saturated heterocycles. The minimum Gasteiger partial charge on any atom is -0.461 e. The van der Waals surface area contributed by atoms with Crippen LogP contribution < -0.4 is 0 Å². The van der Waals surface area contributed by atoms with Gasteiger partial charge in [0.05, 0.1) is 11.3 Å². The highest BCUT2D eigenvalue weighted by molar-refractivity contribution is 6.34. The van der Waals surface area contributed by atoms with Gasteiger partial charge in [0.25, 0.3) is 0 Å². The van der Waals surface area contributed by atoms with Crippen LogP contribution in [0.4, 0.5) is 0 Å². The van der Waals surface area contributed by atoms with Gasteiger partial charge in [0.1, 0.15) is 0 Å². The summed E-state index contributed by atoms with van der Waals surface area (Å²) in [6.45, 7) is 1.92. The van der Waals surface area contributed by atoms with Crippen LogP contribution >= 0.6 is 11.6 Å². The fourth-order valence-electron chi connectivity index (χ4n) is 1.34. The van der Waals surface area contributed by atoms with Gasteiger partial charge in [-0.2, -0.15) is 0 Å². The first kappa shape index (κ1) is 9.99. The van der Waals surface area contributed by atoms with Gasteiger partial charge in [-0.05, 0) is 36.8 Å². The number of halogens is 1. The average molecular weight is 221 g/mol. The molecule has 2 nitrogen and oxygen atoms in total. The zero-order valence-corrected chi connectivity index (χ0v) is 8.91. The molecule has 0 radical (unpaired) electrons. The van der Waals surface area contributed by atoms with Crippen molar-refractivity contribution in [2.45, 2.75) is 6.92 Å². The summed E-state index contributed by atoms with van der Waals surface area (Å²) in [4.78, 5) is 11.9. The second kappa shape index (κ2) is 3.91. The molecule has 0 fully saturated rings.